The topological polar surface area (TPSA) is 43.4 Å². The van der Waals surface area contributed by atoms with Gasteiger partial charge in [-0.25, -0.2) is 0 Å². The van der Waals surface area contributed by atoms with Crippen LogP contribution in [0.4, 0.5) is 0 Å². The van der Waals surface area contributed by atoms with Crippen molar-refractivity contribution in [1.82, 2.24) is 0 Å². The minimum Gasteiger partial charge on any atom is -0.465 e. The fraction of sp³-hybridized carbons (Fsp3) is 0.385. The van der Waals surface area contributed by atoms with E-state index in [1.54, 1.807) is 38.1 Å². The monoisotopic (exact) mass is 286 g/mol. The molecule has 0 heterocycles. The van der Waals surface area contributed by atoms with Crippen LogP contribution in [0, 0.1) is 0 Å². The normalized spacial score (nSPS) is 11.9. The Balaban J connectivity index is 2.54. The van der Waals surface area contributed by atoms with Crippen LogP contribution < -0.4 is 0 Å². The van der Waals surface area contributed by atoms with Gasteiger partial charge in [0, 0.05) is 10.6 Å². The van der Waals surface area contributed by atoms with Crippen LogP contribution in [0.3, 0.4) is 0 Å². The van der Waals surface area contributed by atoms with Crippen LogP contribution in [0.1, 0.15) is 24.2 Å². The zero-order valence-corrected chi connectivity index (χ0v) is 11.9. The van der Waals surface area contributed by atoms with Gasteiger partial charge in [0.05, 0.1) is 17.6 Å². The van der Waals surface area contributed by atoms with Gasteiger partial charge in [-0.3, -0.25) is 9.59 Å². The molecule has 0 fully saturated rings. The molecule has 5 heteroatoms. The quantitative estimate of drug-likeness (QED) is 0.595. The highest BCUT2D eigenvalue weighted by Crippen LogP contribution is 2.19. The average Bonchev–Trinajstić information content (AvgIpc) is 2.35. The van der Waals surface area contributed by atoms with E-state index < -0.39 is 0 Å². The molecular weight excluding hydrogens is 272 g/mol. The molecule has 3 nitrogen and oxygen atoms in total. The molecular formula is C13H15ClO3S. The summed E-state index contributed by atoms with van der Waals surface area (Å²) >= 11 is 7.10. The molecule has 18 heavy (non-hydrogen) atoms. The Bertz CT molecular complexity index is 434. The summed E-state index contributed by atoms with van der Waals surface area (Å²) in [4.78, 5) is 23.2. The number of ether oxygens (including phenoxy) is 1. The number of hydrogen-bond acceptors (Lipinski definition) is 4. The highest BCUT2D eigenvalue weighted by molar-refractivity contribution is 8.01. The van der Waals surface area contributed by atoms with E-state index in [9.17, 15) is 9.59 Å². The molecule has 1 atom stereocenters. The van der Waals surface area contributed by atoms with Crippen molar-refractivity contribution in [3.05, 3.63) is 34.9 Å². The number of rotatable bonds is 6. The molecule has 0 spiro atoms. The number of carbonyl (C=O) groups excluding carboxylic acids is 2. The lowest BCUT2D eigenvalue weighted by atomic mass is 10.1. The van der Waals surface area contributed by atoms with Gasteiger partial charge in [-0.2, -0.15) is 0 Å². The molecule has 0 radical (unpaired) electrons. The van der Waals surface area contributed by atoms with Gasteiger partial charge < -0.3 is 4.74 Å². The summed E-state index contributed by atoms with van der Waals surface area (Å²) in [5.41, 5.74) is 0.561. The fourth-order valence-electron chi connectivity index (χ4n) is 1.35. The number of halogens is 1. The predicted molar refractivity (Wildman–Crippen MR) is 74.3 cm³/mol. The van der Waals surface area contributed by atoms with Crippen molar-refractivity contribution in [3.63, 3.8) is 0 Å². The van der Waals surface area contributed by atoms with Crippen LogP contribution in [0.2, 0.25) is 5.02 Å². The van der Waals surface area contributed by atoms with E-state index in [0.29, 0.717) is 17.2 Å². The first-order valence-corrected chi connectivity index (χ1v) is 7.04. The van der Waals surface area contributed by atoms with E-state index in [0.717, 1.165) is 0 Å². The number of thioether (sulfide) groups is 1. The SMILES string of the molecule is CCOC(=O)CSC(C)C(=O)c1cccc(Cl)c1. The summed E-state index contributed by atoms with van der Waals surface area (Å²) in [6.07, 6.45) is 0. The Morgan fingerprint density at radius 1 is 1.44 bits per heavy atom. The maximum Gasteiger partial charge on any atom is 0.315 e. The molecule has 0 amide bonds. The second kappa shape index (κ2) is 7.44. The van der Waals surface area contributed by atoms with Gasteiger partial charge in [-0.15, -0.1) is 11.8 Å². The molecule has 0 saturated carbocycles. The zero-order valence-electron chi connectivity index (χ0n) is 10.3. The van der Waals surface area contributed by atoms with Crippen molar-refractivity contribution in [2.24, 2.45) is 0 Å². The minimum absolute atomic E-state index is 0.0354. The molecule has 0 bridgehead atoms. The molecule has 0 aromatic heterocycles. The fourth-order valence-corrected chi connectivity index (χ4v) is 2.29. The lowest BCUT2D eigenvalue weighted by molar-refractivity contribution is -0.139. The predicted octanol–water partition coefficient (Wildman–Crippen LogP) is 3.21. The molecule has 1 aromatic rings. The van der Waals surface area contributed by atoms with Gasteiger partial charge in [0.15, 0.2) is 5.78 Å². The molecule has 0 aliphatic rings. The lowest BCUT2D eigenvalue weighted by Gasteiger charge is -2.10. The molecule has 1 unspecified atom stereocenters. The Kier molecular flexibility index (Phi) is 6.22. The summed E-state index contributed by atoms with van der Waals surface area (Å²) in [5.74, 6) is -0.151. The van der Waals surface area contributed by atoms with Crippen LogP contribution in [0.15, 0.2) is 24.3 Å². The Morgan fingerprint density at radius 2 is 2.17 bits per heavy atom. The number of carbonyl (C=O) groups is 2. The van der Waals surface area contributed by atoms with Crippen molar-refractivity contribution in [2.45, 2.75) is 19.1 Å². The van der Waals surface area contributed by atoms with Crippen molar-refractivity contribution < 1.29 is 14.3 Å². The van der Waals surface area contributed by atoms with Gasteiger partial charge in [-0.05, 0) is 26.0 Å². The highest BCUT2D eigenvalue weighted by Gasteiger charge is 2.17. The molecule has 0 aliphatic heterocycles. The maximum atomic E-state index is 12.0. The van der Waals surface area contributed by atoms with E-state index in [4.69, 9.17) is 16.3 Å². The summed E-state index contributed by atoms with van der Waals surface area (Å²) in [6, 6.07) is 6.80. The first-order chi connectivity index (χ1) is 8.54. The number of hydrogen-bond donors (Lipinski definition) is 0. The van der Waals surface area contributed by atoms with E-state index in [1.165, 1.54) is 11.8 Å². The first-order valence-electron chi connectivity index (χ1n) is 5.61. The van der Waals surface area contributed by atoms with Gasteiger partial charge in [0.2, 0.25) is 0 Å². The van der Waals surface area contributed by atoms with Gasteiger partial charge in [-0.1, -0.05) is 23.7 Å². The van der Waals surface area contributed by atoms with Gasteiger partial charge in [0.1, 0.15) is 0 Å². The standard InChI is InChI=1S/C13H15ClO3S/c1-3-17-12(15)8-18-9(2)13(16)10-5-4-6-11(14)7-10/h4-7,9H,3,8H2,1-2H3. The molecule has 1 rings (SSSR count). The summed E-state index contributed by atoms with van der Waals surface area (Å²) < 4.78 is 4.80. The average molecular weight is 287 g/mol. The van der Waals surface area contributed by atoms with E-state index >= 15 is 0 Å². The van der Waals surface area contributed by atoms with Crippen molar-refractivity contribution in [3.8, 4) is 0 Å². The van der Waals surface area contributed by atoms with Crippen molar-refractivity contribution in [2.75, 3.05) is 12.4 Å². The second-order valence-electron chi connectivity index (χ2n) is 3.63. The number of esters is 1. The van der Waals surface area contributed by atoms with Crippen LogP contribution in [0.25, 0.3) is 0 Å². The van der Waals surface area contributed by atoms with Crippen LogP contribution >= 0.6 is 23.4 Å². The lowest BCUT2D eigenvalue weighted by Crippen LogP contribution is -2.17. The zero-order chi connectivity index (χ0) is 13.5. The maximum absolute atomic E-state index is 12.0. The number of benzene rings is 1. The largest absolute Gasteiger partial charge is 0.465 e. The Hall–Kier alpha value is -1.00. The third-order valence-corrected chi connectivity index (χ3v) is 3.59. The molecule has 0 N–H and O–H groups in total. The van der Waals surface area contributed by atoms with E-state index in [-0.39, 0.29) is 22.8 Å². The smallest absolute Gasteiger partial charge is 0.315 e. The highest BCUT2D eigenvalue weighted by atomic mass is 35.5. The third-order valence-electron chi connectivity index (χ3n) is 2.23. The Morgan fingerprint density at radius 3 is 2.78 bits per heavy atom. The van der Waals surface area contributed by atoms with Crippen LogP contribution in [-0.4, -0.2) is 29.4 Å². The van der Waals surface area contributed by atoms with Crippen LogP contribution in [-0.2, 0) is 9.53 Å². The van der Waals surface area contributed by atoms with Gasteiger partial charge in [0.25, 0.3) is 0 Å². The van der Waals surface area contributed by atoms with Crippen molar-refractivity contribution >= 4 is 35.1 Å². The number of ketones is 1. The van der Waals surface area contributed by atoms with Gasteiger partial charge >= 0.3 is 5.97 Å². The van der Waals surface area contributed by atoms with Crippen molar-refractivity contribution in [1.29, 1.82) is 0 Å². The summed E-state index contributed by atoms with van der Waals surface area (Å²) in [6.45, 7) is 3.88. The molecule has 0 aliphatic carbocycles. The molecule has 1 aromatic carbocycles. The van der Waals surface area contributed by atoms with E-state index in [1.807, 2.05) is 0 Å². The third kappa shape index (κ3) is 4.70. The second-order valence-corrected chi connectivity index (χ2v) is 5.40. The number of Topliss-reactive ketones (excluding diaryl/α,β-unsaturated/α-hetero) is 1. The summed E-state index contributed by atoms with van der Waals surface area (Å²) in [5, 5.41) is 0.233. The van der Waals surface area contributed by atoms with E-state index in [2.05, 4.69) is 0 Å². The van der Waals surface area contributed by atoms with Crippen LogP contribution in [0.5, 0.6) is 0 Å². The molecule has 98 valence electrons. The summed E-state index contributed by atoms with van der Waals surface area (Å²) in [7, 11) is 0. The minimum atomic E-state index is -0.298. The Labute approximate surface area is 116 Å². The molecule has 0 saturated heterocycles. The first kappa shape index (κ1) is 15.1.